The van der Waals surface area contributed by atoms with E-state index in [4.69, 9.17) is 9.84 Å². The summed E-state index contributed by atoms with van der Waals surface area (Å²) in [5, 5.41) is 8.91. The van der Waals surface area contributed by atoms with E-state index in [2.05, 4.69) is 13.8 Å². The van der Waals surface area contributed by atoms with E-state index < -0.39 is 6.16 Å². The first-order valence-electron chi connectivity index (χ1n) is 11.6. The maximum atomic E-state index is 10.9. The largest absolute Gasteiger partial charge is 0.506 e. The number of carboxylic acid groups (broad SMARTS) is 1. The van der Waals surface area contributed by atoms with E-state index in [1.165, 1.54) is 96.3 Å². The quantitative estimate of drug-likeness (QED) is 0.172. The van der Waals surface area contributed by atoms with Gasteiger partial charge in [0, 0.05) is 0 Å². The molecule has 0 saturated carbocycles. The SMILES string of the molecule is CCCCCCCCCCCCCC(CCCCCCCC)OC(=O)O. The number of unbranched alkanes of at least 4 members (excludes halogenated alkanes) is 15. The number of rotatable bonds is 20. The minimum absolute atomic E-state index is 0.0859. The Morgan fingerprint density at radius 2 is 0.923 bits per heavy atom. The molecule has 1 atom stereocenters. The molecule has 0 rings (SSSR count). The predicted molar refractivity (Wildman–Crippen MR) is 112 cm³/mol. The second kappa shape index (κ2) is 20.6. The average molecular weight is 371 g/mol. The average Bonchev–Trinajstić information content (AvgIpc) is 2.61. The van der Waals surface area contributed by atoms with Gasteiger partial charge in [0.25, 0.3) is 0 Å². The van der Waals surface area contributed by atoms with E-state index >= 15 is 0 Å². The Balaban J connectivity index is 3.54. The van der Waals surface area contributed by atoms with Crippen molar-refractivity contribution in [2.75, 3.05) is 0 Å². The summed E-state index contributed by atoms with van der Waals surface area (Å²) in [6, 6.07) is 0. The summed E-state index contributed by atoms with van der Waals surface area (Å²) in [6.07, 6.45) is 22.6. The van der Waals surface area contributed by atoms with Crippen molar-refractivity contribution in [3.05, 3.63) is 0 Å². The number of carbonyl (C=O) groups is 1. The van der Waals surface area contributed by atoms with Crippen LogP contribution in [0.1, 0.15) is 136 Å². The van der Waals surface area contributed by atoms with Gasteiger partial charge in [0.2, 0.25) is 0 Å². The van der Waals surface area contributed by atoms with E-state index in [0.29, 0.717) is 0 Å². The van der Waals surface area contributed by atoms with Crippen LogP contribution in [0.3, 0.4) is 0 Å². The Hall–Kier alpha value is -0.730. The van der Waals surface area contributed by atoms with Gasteiger partial charge in [-0.05, 0) is 25.7 Å². The number of hydrogen-bond donors (Lipinski definition) is 1. The summed E-state index contributed by atoms with van der Waals surface area (Å²) in [5.41, 5.74) is 0. The first kappa shape index (κ1) is 25.3. The first-order valence-corrected chi connectivity index (χ1v) is 11.6. The second-order valence-electron chi connectivity index (χ2n) is 7.89. The highest BCUT2D eigenvalue weighted by Gasteiger charge is 2.13. The van der Waals surface area contributed by atoms with Crippen LogP contribution in [0.5, 0.6) is 0 Å². The molecule has 0 aromatic heterocycles. The Kier molecular flexibility index (Phi) is 20.0. The normalized spacial score (nSPS) is 12.2. The fraction of sp³-hybridized carbons (Fsp3) is 0.957. The van der Waals surface area contributed by atoms with Crippen LogP contribution in [0.25, 0.3) is 0 Å². The van der Waals surface area contributed by atoms with Gasteiger partial charge in [0.05, 0.1) is 0 Å². The molecule has 0 aliphatic carbocycles. The van der Waals surface area contributed by atoms with Crippen molar-refractivity contribution in [3.8, 4) is 0 Å². The summed E-state index contributed by atoms with van der Waals surface area (Å²) in [4.78, 5) is 10.9. The van der Waals surface area contributed by atoms with Crippen molar-refractivity contribution in [2.24, 2.45) is 0 Å². The molecule has 0 fully saturated rings. The van der Waals surface area contributed by atoms with Gasteiger partial charge in [-0.1, -0.05) is 110 Å². The molecule has 0 aromatic carbocycles. The van der Waals surface area contributed by atoms with Crippen LogP contribution < -0.4 is 0 Å². The van der Waals surface area contributed by atoms with Gasteiger partial charge in [-0.25, -0.2) is 4.79 Å². The highest BCUT2D eigenvalue weighted by Crippen LogP contribution is 2.17. The lowest BCUT2D eigenvalue weighted by molar-refractivity contribution is 0.0422. The standard InChI is InChI=1S/C23H46O3/c1-3-5-7-9-11-12-13-14-15-17-19-21-22(26-23(24)25)20-18-16-10-8-6-4-2/h22H,3-21H2,1-2H3,(H,24,25). The topological polar surface area (TPSA) is 46.5 Å². The molecule has 3 nitrogen and oxygen atoms in total. The van der Waals surface area contributed by atoms with Crippen LogP contribution in [0.15, 0.2) is 0 Å². The van der Waals surface area contributed by atoms with Gasteiger partial charge in [0.15, 0.2) is 0 Å². The Labute approximate surface area is 163 Å². The third kappa shape index (κ3) is 19.6. The van der Waals surface area contributed by atoms with E-state index in [1.54, 1.807) is 0 Å². The molecule has 0 aliphatic heterocycles. The summed E-state index contributed by atoms with van der Waals surface area (Å²) in [6.45, 7) is 4.49. The lowest BCUT2D eigenvalue weighted by atomic mass is 10.0. The molecule has 1 N–H and O–H groups in total. The summed E-state index contributed by atoms with van der Waals surface area (Å²) >= 11 is 0. The van der Waals surface area contributed by atoms with Crippen LogP contribution in [-0.4, -0.2) is 17.4 Å². The molecule has 0 aromatic rings. The minimum Gasteiger partial charge on any atom is -0.450 e. The zero-order chi connectivity index (χ0) is 19.3. The highest BCUT2D eigenvalue weighted by atomic mass is 16.7. The zero-order valence-electron chi connectivity index (χ0n) is 17.8. The van der Waals surface area contributed by atoms with Crippen molar-refractivity contribution in [1.29, 1.82) is 0 Å². The fourth-order valence-corrected chi connectivity index (χ4v) is 3.59. The summed E-state index contributed by atoms with van der Waals surface area (Å²) in [5.74, 6) is 0. The summed E-state index contributed by atoms with van der Waals surface area (Å²) < 4.78 is 5.09. The lowest BCUT2D eigenvalue weighted by Gasteiger charge is -2.15. The highest BCUT2D eigenvalue weighted by molar-refractivity contribution is 5.57. The van der Waals surface area contributed by atoms with Crippen molar-refractivity contribution < 1.29 is 14.6 Å². The Bertz CT molecular complexity index is 291. The van der Waals surface area contributed by atoms with Gasteiger partial charge in [-0.2, -0.15) is 0 Å². The molecule has 0 saturated heterocycles. The molecular weight excluding hydrogens is 324 g/mol. The van der Waals surface area contributed by atoms with Crippen molar-refractivity contribution in [2.45, 2.75) is 142 Å². The van der Waals surface area contributed by atoms with Crippen molar-refractivity contribution in [1.82, 2.24) is 0 Å². The van der Waals surface area contributed by atoms with E-state index in [9.17, 15) is 4.79 Å². The van der Waals surface area contributed by atoms with E-state index in [1.807, 2.05) is 0 Å². The first-order chi connectivity index (χ1) is 12.7. The Morgan fingerprint density at radius 3 is 1.23 bits per heavy atom. The van der Waals surface area contributed by atoms with Crippen LogP contribution in [0, 0.1) is 0 Å². The molecule has 0 aliphatic rings. The van der Waals surface area contributed by atoms with Crippen LogP contribution in [0.4, 0.5) is 4.79 Å². The van der Waals surface area contributed by atoms with Crippen LogP contribution in [-0.2, 0) is 4.74 Å². The smallest absolute Gasteiger partial charge is 0.450 e. The fourth-order valence-electron chi connectivity index (χ4n) is 3.59. The van der Waals surface area contributed by atoms with Gasteiger partial charge in [-0.3, -0.25) is 0 Å². The maximum Gasteiger partial charge on any atom is 0.506 e. The second-order valence-corrected chi connectivity index (χ2v) is 7.89. The van der Waals surface area contributed by atoms with Crippen LogP contribution >= 0.6 is 0 Å². The molecule has 0 radical (unpaired) electrons. The minimum atomic E-state index is -1.11. The van der Waals surface area contributed by atoms with E-state index in [-0.39, 0.29) is 6.10 Å². The molecule has 0 spiro atoms. The van der Waals surface area contributed by atoms with Gasteiger partial charge in [0.1, 0.15) is 6.10 Å². The molecular formula is C23H46O3. The monoisotopic (exact) mass is 370 g/mol. The molecule has 3 heteroatoms. The molecule has 0 bridgehead atoms. The molecule has 0 amide bonds. The van der Waals surface area contributed by atoms with Crippen LogP contribution in [0.2, 0.25) is 0 Å². The Morgan fingerprint density at radius 1 is 0.615 bits per heavy atom. The molecule has 26 heavy (non-hydrogen) atoms. The van der Waals surface area contributed by atoms with Gasteiger partial charge < -0.3 is 9.84 Å². The number of hydrogen-bond acceptors (Lipinski definition) is 2. The third-order valence-corrected chi connectivity index (χ3v) is 5.28. The van der Waals surface area contributed by atoms with Gasteiger partial charge in [-0.15, -0.1) is 0 Å². The van der Waals surface area contributed by atoms with Crippen molar-refractivity contribution >= 4 is 6.16 Å². The lowest BCUT2D eigenvalue weighted by Crippen LogP contribution is -2.16. The molecule has 0 heterocycles. The van der Waals surface area contributed by atoms with Gasteiger partial charge >= 0.3 is 6.16 Å². The maximum absolute atomic E-state index is 10.9. The predicted octanol–water partition coefficient (Wildman–Crippen LogP) is 8.50. The molecule has 1 unspecified atom stereocenters. The third-order valence-electron chi connectivity index (χ3n) is 5.28. The van der Waals surface area contributed by atoms with Crippen molar-refractivity contribution in [3.63, 3.8) is 0 Å². The molecule has 156 valence electrons. The number of ether oxygens (including phenoxy) is 1. The zero-order valence-corrected chi connectivity index (χ0v) is 17.8. The van der Waals surface area contributed by atoms with E-state index in [0.717, 1.165) is 25.7 Å². The summed E-state index contributed by atoms with van der Waals surface area (Å²) in [7, 11) is 0.